The number of nitrogens with one attached hydrogen (secondary N) is 1. The van der Waals surface area contributed by atoms with Crippen molar-refractivity contribution in [2.45, 2.75) is 6.54 Å². The topological polar surface area (TPSA) is 93.8 Å². The molecule has 1 aliphatic heterocycles. The second-order valence-electron chi connectivity index (χ2n) is 6.62. The number of hydrogen-bond donors (Lipinski definition) is 1. The minimum absolute atomic E-state index is 0.121. The van der Waals surface area contributed by atoms with Crippen molar-refractivity contribution in [3.05, 3.63) is 53.1 Å². The zero-order chi connectivity index (χ0) is 19.3. The van der Waals surface area contributed by atoms with E-state index in [0.717, 1.165) is 43.1 Å². The number of carbonyl (C=O) groups excluding carboxylic acids is 1. The summed E-state index contributed by atoms with van der Waals surface area (Å²) in [5.74, 6) is -0.241. The van der Waals surface area contributed by atoms with Gasteiger partial charge in [-0.05, 0) is 6.07 Å². The SMILES string of the molecule is O=C(Cn1ncn2nc(-c3ccccc3)cc2c1=O)NCCN1CCOCC1. The summed E-state index contributed by atoms with van der Waals surface area (Å²) in [5.41, 5.74) is 1.64. The normalized spacial score (nSPS) is 15.0. The number of aromatic nitrogens is 4. The molecule has 1 saturated heterocycles. The molecular formula is C19H22N6O3. The first-order valence-corrected chi connectivity index (χ1v) is 9.28. The molecule has 1 fully saturated rings. The molecule has 1 N–H and O–H groups in total. The zero-order valence-corrected chi connectivity index (χ0v) is 15.5. The Morgan fingerprint density at radius 1 is 1.18 bits per heavy atom. The van der Waals surface area contributed by atoms with Gasteiger partial charge >= 0.3 is 0 Å². The molecule has 9 heteroatoms. The lowest BCUT2D eigenvalue weighted by molar-refractivity contribution is -0.122. The lowest BCUT2D eigenvalue weighted by atomic mass is 10.1. The van der Waals surface area contributed by atoms with Gasteiger partial charge in [0.1, 0.15) is 18.4 Å². The first-order valence-electron chi connectivity index (χ1n) is 9.28. The molecule has 0 unspecified atom stereocenters. The van der Waals surface area contributed by atoms with Crippen molar-refractivity contribution in [3.8, 4) is 11.3 Å². The summed E-state index contributed by atoms with van der Waals surface area (Å²) >= 11 is 0. The highest BCUT2D eigenvalue weighted by molar-refractivity contribution is 5.75. The summed E-state index contributed by atoms with van der Waals surface area (Å²) in [7, 11) is 0. The lowest BCUT2D eigenvalue weighted by Gasteiger charge is -2.26. The fraction of sp³-hybridized carbons (Fsp3) is 0.368. The molecule has 1 aromatic carbocycles. The van der Waals surface area contributed by atoms with Gasteiger partial charge in [0.15, 0.2) is 0 Å². The van der Waals surface area contributed by atoms with Crippen molar-refractivity contribution in [1.29, 1.82) is 0 Å². The van der Waals surface area contributed by atoms with Crippen molar-refractivity contribution >= 4 is 11.4 Å². The molecule has 1 aliphatic rings. The van der Waals surface area contributed by atoms with Crippen LogP contribution >= 0.6 is 0 Å². The second-order valence-corrected chi connectivity index (χ2v) is 6.62. The molecule has 1 amide bonds. The molecule has 0 atom stereocenters. The van der Waals surface area contributed by atoms with Crippen LogP contribution in [0.4, 0.5) is 0 Å². The van der Waals surface area contributed by atoms with Crippen LogP contribution in [0.3, 0.4) is 0 Å². The minimum Gasteiger partial charge on any atom is -0.379 e. The third-order valence-corrected chi connectivity index (χ3v) is 4.71. The van der Waals surface area contributed by atoms with E-state index in [2.05, 4.69) is 20.4 Å². The number of amides is 1. The smallest absolute Gasteiger partial charge is 0.293 e. The van der Waals surface area contributed by atoms with Gasteiger partial charge in [-0.15, -0.1) is 0 Å². The minimum atomic E-state index is -0.347. The van der Waals surface area contributed by atoms with E-state index in [4.69, 9.17) is 4.74 Å². The van der Waals surface area contributed by atoms with E-state index in [1.54, 1.807) is 6.07 Å². The van der Waals surface area contributed by atoms with Crippen LogP contribution in [0.25, 0.3) is 16.8 Å². The Morgan fingerprint density at radius 2 is 1.96 bits per heavy atom. The summed E-state index contributed by atoms with van der Waals surface area (Å²) in [4.78, 5) is 27.1. The first kappa shape index (κ1) is 18.3. The Bertz CT molecular complexity index is 1010. The number of nitrogens with zero attached hydrogens (tertiary/aromatic N) is 5. The van der Waals surface area contributed by atoms with E-state index in [-0.39, 0.29) is 18.0 Å². The zero-order valence-electron chi connectivity index (χ0n) is 15.5. The van der Waals surface area contributed by atoms with E-state index < -0.39 is 0 Å². The van der Waals surface area contributed by atoms with E-state index in [1.807, 2.05) is 30.3 Å². The molecule has 0 aliphatic carbocycles. The Hall–Kier alpha value is -3.04. The van der Waals surface area contributed by atoms with Crippen molar-refractivity contribution in [3.63, 3.8) is 0 Å². The molecule has 28 heavy (non-hydrogen) atoms. The molecule has 0 saturated carbocycles. The summed E-state index contributed by atoms with van der Waals surface area (Å²) in [6, 6.07) is 11.3. The van der Waals surface area contributed by atoms with Crippen molar-refractivity contribution < 1.29 is 9.53 Å². The molecule has 0 radical (unpaired) electrons. The van der Waals surface area contributed by atoms with Gasteiger partial charge in [0, 0.05) is 31.7 Å². The average molecular weight is 382 g/mol. The Morgan fingerprint density at radius 3 is 2.75 bits per heavy atom. The number of carbonyl (C=O) groups is 1. The van der Waals surface area contributed by atoms with Crippen LogP contribution in [0.2, 0.25) is 0 Å². The van der Waals surface area contributed by atoms with Crippen LogP contribution in [0.5, 0.6) is 0 Å². The fourth-order valence-corrected chi connectivity index (χ4v) is 3.17. The van der Waals surface area contributed by atoms with Gasteiger partial charge < -0.3 is 10.1 Å². The molecule has 0 spiro atoms. The largest absolute Gasteiger partial charge is 0.379 e. The van der Waals surface area contributed by atoms with Crippen LogP contribution < -0.4 is 10.9 Å². The number of morpholine rings is 1. The number of ether oxygens (including phenoxy) is 1. The Labute approximate surface area is 161 Å². The molecular weight excluding hydrogens is 360 g/mol. The molecule has 4 rings (SSSR count). The molecule has 2 aromatic heterocycles. The first-order chi connectivity index (χ1) is 13.7. The van der Waals surface area contributed by atoms with Gasteiger partial charge in [-0.25, -0.2) is 9.20 Å². The maximum Gasteiger partial charge on any atom is 0.293 e. The van der Waals surface area contributed by atoms with Crippen LogP contribution in [0.1, 0.15) is 0 Å². The number of hydrogen-bond acceptors (Lipinski definition) is 6. The number of rotatable bonds is 6. The fourth-order valence-electron chi connectivity index (χ4n) is 3.17. The van der Waals surface area contributed by atoms with E-state index in [9.17, 15) is 9.59 Å². The summed E-state index contributed by atoms with van der Waals surface area (Å²) < 4.78 is 7.91. The van der Waals surface area contributed by atoms with Crippen molar-refractivity contribution in [2.24, 2.45) is 0 Å². The highest BCUT2D eigenvalue weighted by atomic mass is 16.5. The van der Waals surface area contributed by atoms with Gasteiger partial charge in [0.25, 0.3) is 5.56 Å². The Balaban J connectivity index is 1.41. The lowest BCUT2D eigenvalue weighted by Crippen LogP contribution is -2.42. The van der Waals surface area contributed by atoms with Crippen LogP contribution in [0.15, 0.2) is 47.5 Å². The summed E-state index contributed by atoms with van der Waals surface area (Å²) in [5, 5.41) is 11.3. The average Bonchev–Trinajstić information content (AvgIpc) is 3.17. The summed E-state index contributed by atoms with van der Waals surface area (Å²) in [6.07, 6.45) is 1.45. The van der Waals surface area contributed by atoms with Gasteiger partial charge in [-0.3, -0.25) is 14.5 Å². The highest BCUT2D eigenvalue weighted by Crippen LogP contribution is 2.17. The van der Waals surface area contributed by atoms with E-state index >= 15 is 0 Å². The predicted octanol–water partition coefficient (Wildman–Crippen LogP) is 0.00640. The maximum atomic E-state index is 12.7. The third kappa shape index (κ3) is 4.10. The van der Waals surface area contributed by atoms with Crippen LogP contribution in [0, 0.1) is 0 Å². The second kappa shape index (κ2) is 8.32. The van der Waals surface area contributed by atoms with E-state index in [1.165, 1.54) is 10.8 Å². The molecule has 0 bridgehead atoms. The van der Waals surface area contributed by atoms with Gasteiger partial charge in [-0.1, -0.05) is 30.3 Å². The Kier molecular flexibility index (Phi) is 5.45. The van der Waals surface area contributed by atoms with Crippen molar-refractivity contribution in [1.82, 2.24) is 29.6 Å². The maximum absolute atomic E-state index is 12.7. The predicted molar refractivity (Wildman–Crippen MR) is 103 cm³/mol. The van der Waals surface area contributed by atoms with Crippen LogP contribution in [-0.4, -0.2) is 69.6 Å². The highest BCUT2D eigenvalue weighted by Gasteiger charge is 2.13. The summed E-state index contributed by atoms with van der Waals surface area (Å²) in [6.45, 7) is 4.37. The standard InChI is InChI=1S/C19H22N6O3/c26-18(20-6-7-23-8-10-28-11-9-23)13-24-19(27)17-12-16(22-25(17)14-21-24)15-4-2-1-3-5-15/h1-5,12,14H,6-11,13H2,(H,20,26). The molecule has 3 heterocycles. The quantitative estimate of drug-likeness (QED) is 0.645. The van der Waals surface area contributed by atoms with Gasteiger partial charge in [-0.2, -0.15) is 10.2 Å². The molecule has 9 nitrogen and oxygen atoms in total. The van der Waals surface area contributed by atoms with Crippen molar-refractivity contribution in [2.75, 3.05) is 39.4 Å². The van der Waals surface area contributed by atoms with Gasteiger partial charge in [0.05, 0.1) is 18.9 Å². The van der Waals surface area contributed by atoms with E-state index in [0.29, 0.717) is 17.8 Å². The molecule has 3 aromatic rings. The molecule has 146 valence electrons. The number of benzene rings is 1. The van der Waals surface area contributed by atoms with Crippen LogP contribution in [-0.2, 0) is 16.1 Å². The third-order valence-electron chi connectivity index (χ3n) is 4.71. The van der Waals surface area contributed by atoms with Gasteiger partial charge in [0.2, 0.25) is 5.91 Å². The number of fused-ring (bicyclic) bond motifs is 1. The monoisotopic (exact) mass is 382 g/mol.